The van der Waals surface area contributed by atoms with Crippen molar-refractivity contribution < 1.29 is 22.6 Å². The highest BCUT2D eigenvalue weighted by Gasteiger charge is 2.34. The van der Waals surface area contributed by atoms with Gasteiger partial charge in [-0.25, -0.2) is 19.3 Å². The van der Waals surface area contributed by atoms with Crippen molar-refractivity contribution >= 4 is 30.7 Å². The van der Waals surface area contributed by atoms with E-state index in [-0.39, 0.29) is 35.3 Å². The molecule has 1 saturated carbocycles. The molecule has 0 aliphatic heterocycles. The fourth-order valence-electron chi connectivity index (χ4n) is 4.32. The van der Waals surface area contributed by atoms with Crippen LogP contribution in [-0.4, -0.2) is 43.8 Å². The summed E-state index contributed by atoms with van der Waals surface area (Å²) in [7, 11) is -1.23. The summed E-state index contributed by atoms with van der Waals surface area (Å²) in [4.78, 5) is 16.9. The van der Waals surface area contributed by atoms with Crippen LogP contribution in [0.3, 0.4) is 0 Å². The number of aromatic nitrogens is 6. The maximum Gasteiger partial charge on any atom is 0.288 e. The lowest BCUT2D eigenvalue weighted by molar-refractivity contribution is 0.0131. The van der Waals surface area contributed by atoms with Crippen LogP contribution in [0.25, 0.3) is 22.6 Å². The van der Waals surface area contributed by atoms with Gasteiger partial charge in [-0.1, -0.05) is 19.6 Å². The Morgan fingerprint density at radius 3 is 2.55 bits per heavy atom. The number of ether oxygens (including phenoxy) is 2. The first-order chi connectivity index (χ1) is 18.8. The van der Waals surface area contributed by atoms with Crippen molar-refractivity contribution in [3.05, 3.63) is 52.6 Å². The number of hydrogen-bond acceptors (Lipinski definition) is 6. The van der Waals surface area contributed by atoms with Crippen molar-refractivity contribution in [2.75, 3.05) is 6.61 Å². The Balaban J connectivity index is 1.37. The predicted molar refractivity (Wildman–Crippen MR) is 149 cm³/mol. The first kappa shape index (κ1) is 28.6. The standard InChI is InChI=1S/C27H32ClF3N6O2Si/c1-16-10-20-23(37(16)15-38-8-9-40(3,4)5)25(35-26(28)33-20)39-14-17-11-19(29)22(32-12-17)24-34-21(27(2,30)31)13-36(24)18-6-7-18/h10-13,18H,6-9,14-15H2,1-5H3. The van der Waals surface area contributed by atoms with Crippen LogP contribution in [0.5, 0.6) is 5.88 Å². The van der Waals surface area contributed by atoms with Gasteiger partial charge in [0.25, 0.3) is 5.92 Å². The van der Waals surface area contributed by atoms with Gasteiger partial charge in [-0.3, -0.25) is 0 Å². The van der Waals surface area contributed by atoms with Gasteiger partial charge < -0.3 is 18.6 Å². The normalized spacial score (nSPS) is 14.3. The van der Waals surface area contributed by atoms with E-state index in [1.807, 2.05) is 17.6 Å². The quantitative estimate of drug-likeness (QED) is 0.105. The summed E-state index contributed by atoms with van der Waals surface area (Å²) < 4.78 is 58.6. The molecule has 0 amide bonds. The summed E-state index contributed by atoms with van der Waals surface area (Å²) in [5.74, 6) is -3.49. The van der Waals surface area contributed by atoms with E-state index in [0.717, 1.165) is 31.5 Å². The molecule has 1 aliphatic carbocycles. The van der Waals surface area contributed by atoms with Crippen LogP contribution in [0, 0.1) is 12.7 Å². The van der Waals surface area contributed by atoms with Gasteiger partial charge in [0, 0.05) is 51.3 Å². The molecule has 0 N–H and O–H groups in total. The molecule has 0 bridgehead atoms. The molecule has 40 heavy (non-hydrogen) atoms. The molecule has 0 saturated heterocycles. The summed E-state index contributed by atoms with van der Waals surface area (Å²) >= 11 is 6.16. The molecule has 13 heteroatoms. The van der Waals surface area contributed by atoms with Gasteiger partial charge in [-0.2, -0.15) is 13.8 Å². The second kappa shape index (κ2) is 10.8. The first-order valence-corrected chi connectivity index (χ1v) is 17.2. The minimum absolute atomic E-state index is 0.0203. The average Bonchev–Trinajstić information content (AvgIpc) is 3.51. The van der Waals surface area contributed by atoms with E-state index in [9.17, 15) is 8.78 Å². The van der Waals surface area contributed by atoms with Gasteiger partial charge in [-0.15, -0.1) is 0 Å². The fraction of sp³-hybridized carbons (Fsp3) is 0.481. The van der Waals surface area contributed by atoms with Gasteiger partial charge in [0.15, 0.2) is 11.6 Å². The Hall–Kier alpha value is -2.96. The van der Waals surface area contributed by atoms with Crippen LogP contribution in [0.4, 0.5) is 13.2 Å². The largest absolute Gasteiger partial charge is 0.471 e. The third-order valence-electron chi connectivity index (χ3n) is 6.72. The molecule has 0 spiro atoms. The number of pyridine rings is 1. The molecule has 0 radical (unpaired) electrons. The molecule has 1 fully saturated rings. The topological polar surface area (TPSA) is 79.9 Å². The molecular formula is C27H32ClF3N6O2Si. The van der Waals surface area contributed by atoms with Gasteiger partial charge in [0.2, 0.25) is 11.2 Å². The van der Waals surface area contributed by atoms with Crippen molar-refractivity contribution in [3.63, 3.8) is 0 Å². The van der Waals surface area contributed by atoms with Crippen LogP contribution < -0.4 is 4.74 Å². The maximum atomic E-state index is 15.2. The SMILES string of the molecule is Cc1cc2nc(Cl)nc(OCc3cnc(-c4nc(C(C)(F)F)cn4C4CC4)c(F)c3)c2n1COCC[Si](C)(C)C. The summed E-state index contributed by atoms with van der Waals surface area (Å²) in [6.45, 7) is 10.5. The molecule has 4 heterocycles. The number of aryl methyl sites for hydroxylation is 1. The Morgan fingerprint density at radius 2 is 1.90 bits per heavy atom. The van der Waals surface area contributed by atoms with Crippen molar-refractivity contribution in [1.29, 1.82) is 0 Å². The number of rotatable bonds is 11. The van der Waals surface area contributed by atoms with E-state index in [1.54, 1.807) is 4.57 Å². The first-order valence-electron chi connectivity index (χ1n) is 13.2. The lowest BCUT2D eigenvalue weighted by atomic mass is 10.2. The maximum absolute atomic E-state index is 15.2. The fourth-order valence-corrected chi connectivity index (χ4v) is 5.24. The lowest BCUT2D eigenvalue weighted by Crippen LogP contribution is -2.22. The Morgan fingerprint density at radius 1 is 1.15 bits per heavy atom. The molecular weight excluding hydrogens is 561 g/mol. The molecule has 1 aliphatic rings. The molecule has 214 valence electrons. The third-order valence-corrected chi connectivity index (χ3v) is 8.59. The number of hydrogen-bond donors (Lipinski definition) is 0. The van der Waals surface area contributed by atoms with Crippen LogP contribution >= 0.6 is 11.6 Å². The Kier molecular flexibility index (Phi) is 7.70. The highest BCUT2D eigenvalue weighted by molar-refractivity contribution is 6.76. The molecule has 4 aromatic rings. The van der Waals surface area contributed by atoms with Crippen LogP contribution in [0.15, 0.2) is 24.5 Å². The number of imidazole rings is 1. The van der Waals surface area contributed by atoms with E-state index >= 15 is 4.39 Å². The second-order valence-corrected chi connectivity index (χ2v) is 17.5. The third kappa shape index (κ3) is 6.34. The minimum Gasteiger partial charge on any atom is -0.471 e. The van der Waals surface area contributed by atoms with Gasteiger partial charge >= 0.3 is 0 Å². The summed E-state index contributed by atoms with van der Waals surface area (Å²) in [6, 6.07) is 4.20. The minimum atomic E-state index is -3.14. The number of nitrogens with zero attached hydrogens (tertiary/aromatic N) is 6. The molecule has 0 unspecified atom stereocenters. The smallest absolute Gasteiger partial charge is 0.288 e. The van der Waals surface area contributed by atoms with E-state index in [0.29, 0.717) is 29.9 Å². The molecule has 8 nitrogen and oxygen atoms in total. The molecule has 0 aromatic carbocycles. The molecule has 5 rings (SSSR count). The number of fused-ring (bicyclic) bond motifs is 1. The van der Waals surface area contributed by atoms with E-state index in [2.05, 4.69) is 39.6 Å². The van der Waals surface area contributed by atoms with Crippen molar-refractivity contribution in [3.8, 4) is 17.4 Å². The monoisotopic (exact) mass is 592 g/mol. The predicted octanol–water partition coefficient (Wildman–Crippen LogP) is 7.13. The molecule has 0 atom stereocenters. The van der Waals surface area contributed by atoms with Gasteiger partial charge in [0.1, 0.15) is 30.2 Å². The number of halogens is 4. The summed E-state index contributed by atoms with van der Waals surface area (Å²) in [5.41, 5.74) is 2.07. The van der Waals surface area contributed by atoms with Gasteiger partial charge in [0.05, 0.1) is 5.52 Å². The molecule has 4 aromatic heterocycles. The van der Waals surface area contributed by atoms with Gasteiger partial charge in [-0.05, 0) is 49.5 Å². The highest BCUT2D eigenvalue weighted by Crippen LogP contribution is 2.40. The van der Waals surface area contributed by atoms with Crippen molar-refractivity contribution in [1.82, 2.24) is 29.1 Å². The second-order valence-electron chi connectivity index (χ2n) is 11.5. The van der Waals surface area contributed by atoms with E-state index in [1.165, 1.54) is 18.5 Å². The lowest BCUT2D eigenvalue weighted by Gasteiger charge is -2.17. The zero-order chi connectivity index (χ0) is 28.8. The van der Waals surface area contributed by atoms with E-state index in [4.69, 9.17) is 21.1 Å². The number of alkyl halides is 2. The van der Waals surface area contributed by atoms with Crippen molar-refractivity contribution in [2.45, 2.75) is 77.7 Å². The highest BCUT2D eigenvalue weighted by atomic mass is 35.5. The summed E-state index contributed by atoms with van der Waals surface area (Å²) in [6.07, 6.45) is 4.39. The average molecular weight is 593 g/mol. The van der Waals surface area contributed by atoms with E-state index < -0.39 is 25.5 Å². The Labute approximate surface area is 236 Å². The summed E-state index contributed by atoms with van der Waals surface area (Å²) in [5, 5.41) is 0.0226. The Bertz CT molecular complexity index is 1540. The zero-order valence-electron chi connectivity index (χ0n) is 23.1. The van der Waals surface area contributed by atoms with Crippen LogP contribution in [-0.2, 0) is 24.0 Å². The van der Waals surface area contributed by atoms with Crippen LogP contribution in [0.2, 0.25) is 31.0 Å². The zero-order valence-corrected chi connectivity index (χ0v) is 24.9. The van der Waals surface area contributed by atoms with Crippen LogP contribution in [0.1, 0.15) is 42.8 Å². The van der Waals surface area contributed by atoms with Crippen molar-refractivity contribution in [2.24, 2.45) is 0 Å².